The summed E-state index contributed by atoms with van der Waals surface area (Å²) < 4.78 is 37.0. The molecule has 0 fully saturated rings. The predicted octanol–water partition coefficient (Wildman–Crippen LogP) is 1.73. The van der Waals surface area contributed by atoms with Crippen LogP contribution < -0.4 is 5.32 Å². The van der Waals surface area contributed by atoms with Gasteiger partial charge in [-0.15, -0.1) is 0 Å². The molecular weight excluding hydrogens is 247 g/mol. The van der Waals surface area contributed by atoms with E-state index in [1.165, 1.54) is 10.9 Å². The van der Waals surface area contributed by atoms with Crippen molar-refractivity contribution in [3.05, 3.63) is 16.9 Å². The molecular formula is C8H9ClF3N3O. The van der Waals surface area contributed by atoms with E-state index in [9.17, 15) is 18.0 Å². The van der Waals surface area contributed by atoms with Crippen LogP contribution in [0.5, 0.6) is 0 Å². The molecule has 0 saturated heterocycles. The first-order valence-corrected chi connectivity index (χ1v) is 4.79. The minimum atomic E-state index is -4.89. The third-order valence-electron chi connectivity index (χ3n) is 1.79. The number of aryl methyl sites for hydroxylation is 1. The zero-order valence-corrected chi connectivity index (χ0v) is 9.06. The van der Waals surface area contributed by atoms with Crippen LogP contribution in [-0.4, -0.2) is 21.9 Å². The molecule has 0 aromatic carbocycles. The van der Waals surface area contributed by atoms with Crippen molar-refractivity contribution in [2.24, 2.45) is 0 Å². The van der Waals surface area contributed by atoms with E-state index in [1.807, 2.05) is 0 Å². The molecule has 0 unspecified atom stereocenters. The summed E-state index contributed by atoms with van der Waals surface area (Å²) >= 11 is 5.71. The molecule has 1 amide bonds. The Balaban J connectivity index is 2.61. The van der Waals surface area contributed by atoms with Crippen LogP contribution in [0, 0.1) is 0 Å². The maximum Gasteiger partial charge on any atom is 0.471 e. The van der Waals surface area contributed by atoms with Gasteiger partial charge in [0.05, 0.1) is 11.6 Å². The maximum absolute atomic E-state index is 11.9. The second-order valence-electron chi connectivity index (χ2n) is 2.96. The van der Waals surface area contributed by atoms with Crippen molar-refractivity contribution in [2.75, 3.05) is 0 Å². The van der Waals surface area contributed by atoms with E-state index in [4.69, 9.17) is 11.6 Å². The molecule has 8 heteroatoms. The number of carbonyl (C=O) groups is 1. The van der Waals surface area contributed by atoms with E-state index in [2.05, 4.69) is 5.10 Å². The highest BCUT2D eigenvalue weighted by atomic mass is 35.5. The SMILES string of the molecule is CCn1cc(Cl)c(CNC(=O)C(F)(F)F)n1. The smallest absolute Gasteiger partial charge is 0.342 e. The van der Waals surface area contributed by atoms with Crippen molar-refractivity contribution in [1.29, 1.82) is 0 Å². The predicted molar refractivity (Wildman–Crippen MR) is 50.8 cm³/mol. The van der Waals surface area contributed by atoms with Gasteiger partial charge in [0.15, 0.2) is 0 Å². The van der Waals surface area contributed by atoms with Crippen LogP contribution in [0.3, 0.4) is 0 Å². The van der Waals surface area contributed by atoms with Crippen molar-refractivity contribution in [2.45, 2.75) is 26.2 Å². The Morgan fingerprint density at radius 2 is 2.25 bits per heavy atom. The van der Waals surface area contributed by atoms with Crippen LogP contribution in [0.25, 0.3) is 0 Å². The summed E-state index contributed by atoms with van der Waals surface area (Å²) in [6.07, 6.45) is -3.41. The molecule has 0 radical (unpaired) electrons. The van der Waals surface area contributed by atoms with Crippen LogP contribution in [0.2, 0.25) is 5.02 Å². The third-order valence-corrected chi connectivity index (χ3v) is 2.10. The molecule has 1 N–H and O–H groups in total. The second-order valence-corrected chi connectivity index (χ2v) is 3.37. The van der Waals surface area contributed by atoms with Crippen LogP contribution in [0.4, 0.5) is 13.2 Å². The number of carbonyl (C=O) groups excluding carboxylic acids is 1. The first kappa shape index (κ1) is 12.8. The fourth-order valence-corrected chi connectivity index (χ4v) is 1.20. The summed E-state index contributed by atoms with van der Waals surface area (Å²) in [5, 5.41) is 5.80. The van der Waals surface area contributed by atoms with Gasteiger partial charge in [0.25, 0.3) is 0 Å². The van der Waals surface area contributed by atoms with Crippen LogP contribution in [0.1, 0.15) is 12.6 Å². The molecule has 4 nitrogen and oxygen atoms in total. The first-order valence-electron chi connectivity index (χ1n) is 4.41. The molecule has 0 atom stereocenters. The third kappa shape index (κ3) is 3.13. The van der Waals surface area contributed by atoms with Crippen molar-refractivity contribution in [1.82, 2.24) is 15.1 Å². The van der Waals surface area contributed by atoms with Crippen LogP contribution >= 0.6 is 11.6 Å². The van der Waals surface area contributed by atoms with Gasteiger partial charge in [0.2, 0.25) is 0 Å². The largest absolute Gasteiger partial charge is 0.471 e. The lowest BCUT2D eigenvalue weighted by Gasteiger charge is -2.06. The summed E-state index contributed by atoms with van der Waals surface area (Å²) in [6, 6.07) is 0. The van der Waals surface area contributed by atoms with E-state index in [-0.39, 0.29) is 17.3 Å². The first-order chi connectivity index (χ1) is 7.34. The molecule has 1 heterocycles. The topological polar surface area (TPSA) is 46.9 Å². The van der Waals surface area contributed by atoms with Crippen LogP contribution in [0.15, 0.2) is 6.20 Å². The monoisotopic (exact) mass is 255 g/mol. The van der Waals surface area contributed by atoms with Gasteiger partial charge in [-0.3, -0.25) is 9.48 Å². The van der Waals surface area contributed by atoms with Crippen LogP contribution in [-0.2, 0) is 17.9 Å². The van der Waals surface area contributed by atoms with Gasteiger partial charge in [-0.25, -0.2) is 0 Å². The Morgan fingerprint density at radius 3 is 2.69 bits per heavy atom. The van der Waals surface area contributed by atoms with Gasteiger partial charge in [0, 0.05) is 12.7 Å². The van der Waals surface area contributed by atoms with Gasteiger partial charge < -0.3 is 5.32 Å². The molecule has 0 aliphatic rings. The number of rotatable bonds is 3. The zero-order chi connectivity index (χ0) is 12.3. The lowest BCUT2D eigenvalue weighted by Crippen LogP contribution is -2.36. The molecule has 0 aliphatic heterocycles. The highest BCUT2D eigenvalue weighted by molar-refractivity contribution is 6.31. The molecule has 16 heavy (non-hydrogen) atoms. The Labute approximate surface area is 94.4 Å². The quantitative estimate of drug-likeness (QED) is 0.894. The lowest BCUT2D eigenvalue weighted by molar-refractivity contribution is -0.173. The average molecular weight is 256 g/mol. The summed E-state index contributed by atoms with van der Waals surface area (Å²) in [6.45, 7) is 2.01. The summed E-state index contributed by atoms with van der Waals surface area (Å²) in [4.78, 5) is 10.5. The molecule has 0 spiro atoms. The lowest BCUT2D eigenvalue weighted by atomic mass is 10.4. The van der Waals surface area contributed by atoms with Gasteiger partial charge in [0.1, 0.15) is 5.69 Å². The number of nitrogens with one attached hydrogen (secondary N) is 1. The summed E-state index contributed by atoms with van der Waals surface area (Å²) in [5.74, 6) is -2.00. The second kappa shape index (κ2) is 4.73. The summed E-state index contributed by atoms with van der Waals surface area (Å²) in [5.41, 5.74) is 0.209. The fraction of sp³-hybridized carbons (Fsp3) is 0.500. The van der Waals surface area contributed by atoms with Gasteiger partial charge in [-0.05, 0) is 6.92 Å². The van der Waals surface area contributed by atoms with Gasteiger partial charge in [-0.1, -0.05) is 11.6 Å². The number of hydrogen-bond donors (Lipinski definition) is 1. The van der Waals surface area contributed by atoms with Crippen molar-refractivity contribution >= 4 is 17.5 Å². The minimum absolute atomic E-state index is 0.209. The van der Waals surface area contributed by atoms with Crippen molar-refractivity contribution in [3.8, 4) is 0 Å². The molecule has 1 aromatic rings. The number of aromatic nitrogens is 2. The standard InChI is InChI=1S/C8H9ClF3N3O/c1-2-15-4-5(9)6(14-15)3-13-7(16)8(10,11)12/h4H,2-3H2,1H3,(H,13,16). The molecule has 0 saturated carbocycles. The van der Waals surface area contributed by atoms with E-state index in [1.54, 1.807) is 12.2 Å². The highest BCUT2D eigenvalue weighted by Gasteiger charge is 2.38. The molecule has 1 aromatic heterocycles. The average Bonchev–Trinajstić information content (AvgIpc) is 2.54. The number of nitrogens with zero attached hydrogens (tertiary/aromatic N) is 2. The Bertz CT molecular complexity index is 388. The zero-order valence-electron chi connectivity index (χ0n) is 8.31. The Hall–Kier alpha value is -1.24. The van der Waals surface area contributed by atoms with Crippen molar-refractivity contribution in [3.63, 3.8) is 0 Å². The van der Waals surface area contributed by atoms with E-state index in [0.717, 1.165) is 0 Å². The summed E-state index contributed by atoms with van der Waals surface area (Å²) in [7, 11) is 0. The van der Waals surface area contributed by atoms with E-state index >= 15 is 0 Å². The number of halogens is 4. The molecule has 90 valence electrons. The normalized spacial score (nSPS) is 11.6. The Morgan fingerprint density at radius 1 is 1.62 bits per heavy atom. The highest BCUT2D eigenvalue weighted by Crippen LogP contribution is 2.16. The number of hydrogen-bond acceptors (Lipinski definition) is 2. The minimum Gasteiger partial charge on any atom is -0.342 e. The molecule has 0 aliphatic carbocycles. The van der Waals surface area contributed by atoms with E-state index in [0.29, 0.717) is 6.54 Å². The number of alkyl halides is 3. The number of amides is 1. The maximum atomic E-state index is 11.9. The van der Waals surface area contributed by atoms with E-state index < -0.39 is 12.1 Å². The van der Waals surface area contributed by atoms with Crippen molar-refractivity contribution < 1.29 is 18.0 Å². The molecule has 0 bridgehead atoms. The van der Waals surface area contributed by atoms with Gasteiger partial charge in [-0.2, -0.15) is 18.3 Å². The van der Waals surface area contributed by atoms with Gasteiger partial charge >= 0.3 is 12.1 Å². The Kier molecular flexibility index (Phi) is 3.79. The molecule has 1 rings (SSSR count). The fourth-order valence-electron chi connectivity index (χ4n) is 0.983.